The monoisotopic (exact) mass is 394 g/mol. The van der Waals surface area contributed by atoms with Crippen LogP contribution in [0.5, 0.6) is 5.75 Å². The molecule has 0 unspecified atom stereocenters. The van der Waals surface area contributed by atoms with Crippen LogP contribution in [0.4, 0.5) is 0 Å². The molecule has 1 N–H and O–H groups in total. The van der Waals surface area contributed by atoms with Crippen molar-refractivity contribution in [3.63, 3.8) is 0 Å². The van der Waals surface area contributed by atoms with E-state index in [1.165, 1.54) is 9.47 Å². The second kappa shape index (κ2) is 7.13. The molecule has 0 saturated heterocycles. The summed E-state index contributed by atoms with van der Waals surface area (Å²) in [6.45, 7) is 2.55. The molecule has 2 aromatic rings. The molecule has 0 radical (unpaired) electrons. The van der Waals surface area contributed by atoms with Crippen LogP contribution in [-0.2, 0) is 13.1 Å². The second-order valence-electron chi connectivity index (χ2n) is 5.99. The first-order valence-electron chi connectivity index (χ1n) is 8.06. The van der Waals surface area contributed by atoms with Gasteiger partial charge in [-0.1, -0.05) is 36.2 Å². The van der Waals surface area contributed by atoms with E-state index in [1.54, 1.807) is 25.1 Å². The zero-order chi connectivity index (χ0) is 19.0. The minimum atomic E-state index is -0.738. The molecule has 1 aromatic carbocycles. The molecule has 1 aliphatic heterocycles. The number of ketones is 1. The van der Waals surface area contributed by atoms with Gasteiger partial charge in [0.05, 0.1) is 15.7 Å². The van der Waals surface area contributed by atoms with Crippen molar-refractivity contribution in [1.29, 1.82) is 0 Å². The summed E-state index contributed by atoms with van der Waals surface area (Å²) in [6, 6.07) is 6.14. The van der Waals surface area contributed by atoms with Crippen LogP contribution in [0.1, 0.15) is 39.9 Å². The van der Waals surface area contributed by atoms with Gasteiger partial charge in [-0.25, -0.2) is 0 Å². The summed E-state index contributed by atoms with van der Waals surface area (Å²) < 4.78 is 1.43. The van der Waals surface area contributed by atoms with Gasteiger partial charge in [0.1, 0.15) is 0 Å². The van der Waals surface area contributed by atoms with E-state index in [0.717, 1.165) is 11.6 Å². The Morgan fingerprint density at radius 3 is 2.54 bits per heavy atom. The number of amides is 1. The molecule has 1 amide bonds. The molecule has 0 spiro atoms. The highest BCUT2D eigenvalue weighted by Crippen LogP contribution is 2.26. The topological polar surface area (TPSA) is 79.6 Å². The molecule has 1 aliphatic rings. The molecule has 136 valence electrons. The van der Waals surface area contributed by atoms with Gasteiger partial charge in [-0.05, 0) is 17.7 Å². The van der Waals surface area contributed by atoms with Gasteiger partial charge in [-0.15, -0.1) is 0 Å². The van der Waals surface area contributed by atoms with Crippen molar-refractivity contribution in [2.24, 2.45) is 0 Å². The van der Waals surface area contributed by atoms with Gasteiger partial charge in [-0.2, -0.15) is 0 Å². The van der Waals surface area contributed by atoms with Crippen molar-refractivity contribution in [3.05, 3.63) is 61.5 Å². The van der Waals surface area contributed by atoms with Gasteiger partial charge in [0.25, 0.3) is 5.91 Å². The standard InChI is InChI=1S/C18H16Cl2N2O4/c1-2-14(23)13-8-15(24)17(25)16-18(26)21(5-6-22(13)16)9-10-3-4-11(19)12(20)7-10/h3-4,7-8,25H,2,5-6,9H2,1H3. The Morgan fingerprint density at radius 1 is 1.15 bits per heavy atom. The lowest BCUT2D eigenvalue weighted by Gasteiger charge is -2.31. The average Bonchev–Trinajstić information content (AvgIpc) is 2.62. The number of Topliss-reactive ketones (excluding diaryl/α,β-unsaturated/α-hetero) is 1. The van der Waals surface area contributed by atoms with E-state index in [9.17, 15) is 19.5 Å². The maximum Gasteiger partial charge on any atom is 0.274 e. The molecule has 0 bridgehead atoms. The summed E-state index contributed by atoms with van der Waals surface area (Å²) in [5, 5.41) is 10.9. The smallest absolute Gasteiger partial charge is 0.274 e. The van der Waals surface area contributed by atoms with Crippen molar-refractivity contribution >= 4 is 34.9 Å². The SMILES string of the molecule is CCC(=O)c1cc(=O)c(O)c2n1CCN(Cc1ccc(Cl)c(Cl)c1)C2=O. The highest BCUT2D eigenvalue weighted by atomic mass is 35.5. The molecule has 0 fully saturated rings. The molecule has 1 aromatic heterocycles. The van der Waals surface area contributed by atoms with Crippen molar-refractivity contribution in [2.45, 2.75) is 26.4 Å². The number of carbonyl (C=O) groups is 2. The number of benzene rings is 1. The molecule has 2 heterocycles. The van der Waals surface area contributed by atoms with E-state index in [4.69, 9.17) is 23.2 Å². The van der Waals surface area contributed by atoms with E-state index < -0.39 is 17.1 Å². The summed E-state index contributed by atoms with van der Waals surface area (Å²) in [5.74, 6) is -1.40. The minimum absolute atomic E-state index is 0.146. The zero-order valence-electron chi connectivity index (χ0n) is 14.0. The molecule has 6 nitrogen and oxygen atoms in total. The fourth-order valence-electron chi connectivity index (χ4n) is 2.98. The summed E-state index contributed by atoms with van der Waals surface area (Å²) in [6.07, 6.45) is 0.199. The van der Waals surface area contributed by atoms with Crippen LogP contribution in [0, 0.1) is 0 Å². The fourth-order valence-corrected chi connectivity index (χ4v) is 3.30. The number of aromatic nitrogens is 1. The second-order valence-corrected chi connectivity index (χ2v) is 6.81. The summed E-state index contributed by atoms with van der Waals surface area (Å²) in [4.78, 5) is 38.4. The maximum atomic E-state index is 12.8. The molecule has 3 rings (SSSR count). The number of hydrogen-bond acceptors (Lipinski definition) is 4. The Kier molecular flexibility index (Phi) is 5.07. The fraction of sp³-hybridized carbons (Fsp3) is 0.278. The average molecular weight is 395 g/mol. The van der Waals surface area contributed by atoms with Gasteiger partial charge < -0.3 is 14.6 Å². The Hall–Kier alpha value is -2.31. The maximum absolute atomic E-state index is 12.8. The van der Waals surface area contributed by atoms with Crippen LogP contribution in [-0.4, -0.2) is 32.8 Å². The summed E-state index contributed by atoms with van der Waals surface area (Å²) >= 11 is 11.9. The van der Waals surface area contributed by atoms with Crippen LogP contribution in [0.2, 0.25) is 10.0 Å². The molecule has 0 aliphatic carbocycles. The summed E-state index contributed by atoms with van der Waals surface area (Å²) in [7, 11) is 0. The highest BCUT2D eigenvalue weighted by Gasteiger charge is 2.31. The normalized spacial score (nSPS) is 13.7. The van der Waals surface area contributed by atoms with Crippen LogP contribution in [0.15, 0.2) is 29.1 Å². The third kappa shape index (κ3) is 3.22. The van der Waals surface area contributed by atoms with E-state index in [0.29, 0.717) is 23.1 Å². The van der Waals surface area contributed by atoms with E-state index in [1.807, 2.05) is 0 Å². The van der Waals surface area contributed by atoms with E-state index >= 15 is 0 Å². The molecule has 0 atom stereocenters. The molecular formula is C18H16Cl2N2O4. The summed E-state index contributed by atoms with van der Waals surface area (Å²) in [5.41, 5.74) is 0.0232. The number of nitrogens with zero attached hydrogens (tertiary/aromatic N) is 2. The highest BCUT2D eigenvalue weighted by molar-refractivity contribution is 6.42. The first-order valence-corrected chi connectivity index (χ1v) is 8.82. The molecule has 26 heavy (non-hydrogen) atoms. The predicted molar refractivity (Wildman–Crippen MR) is 98.2 cm³/mol. The quantitative estimate of drug-likeness (QED) is 0.807. The van der Waals surface area contributed by atoms with Crippen LogP contribution in [0.3, 0.4) is 0 Å². The first kappa shape index (κ1) is 18.5. The Morgan fingerprint density at radius 2 is 1.88 bits per heavy atom. The lowest BCUT2D eigenvalue weighted by atomic mass is 10.1. The number of halogens is 2. The van der Waals surface area contributed by atoms with Gasteiger partial charge in [0, 0.05) is 32.1 Å². The van der Waals surface area contributed by atoms with Crippen molar-refractivity contribution in [1.82, 2.24) is 9.47 Å². The van der Waals surface area contributed by atoms with E-state index in [-0.39, 0.29) is 30.1 Å². The molecule has 0 saturated carbocycles. The largest absolute Gasteiger partial charge is 0.503 e. The number of rotatable bonds is 4. The zero-order valence-corrected chi connectivity index (χ0v) is 15.5. The van der Waals surface area contributed by atoms with Crippen LogP contribution in [0.25, 0.3) is 0 Å². The Bertz CT molecular complexity index is 968. The lowest BCUT2D eigenvalue weighted by molar-refractivity contribution is 0.0680. The Balaban J connectivity index is 1.99. The van der Waals surface area contributed by atoms with Gasteiger partial charge >= 0.3 is 0 Å². The van der Waals surface area contributed by atoms with Crippen molar-refractivity contribution in [3.8, 4) is 5.75 Å². The van der Waals surface area contributed by atoms with Gasteiger partial charge in [0.2, 0.25) is 5.43 Å². The number of carbonyl (C=O) groups excluding carboxylic acids is 2. The minimum Gasteiger partial charge on any atom is -0.503 e. The van der Waals surface area contributed by atoms with Crippen LogP contribution < -0.4 is 5.43 Å². The predicted octanol–water partition coefficient (Wildman–Crippen LogP) is 3.11. The number of hydrogen-bond donors (Lipinski definition) is 1. The number of fused-ring (bicyclic) bond motifs is 1. The lowest BCUT2D eigenvalue weighted by Crippen LogP contribution is -2.42. The number of aromatic hydroxyl groups is 1. The van der Waals surface area contributed by atoms with Gasteiger partial charge in [0.15, 0.2) is 17.2 Å². The number of pyridine rings is 1. The first-order chi connectivity index (χ1) is 12.3. The van der Waals surface area contributed by atoms with Crippen LogP contribution >= 0.6 is 23.2 Å². The third-order valence-corrected chi connectivity index (χ3v) is 5.07. The third-order valence-electron chi connectivity index (χ3n) is 4.33. The molecular weight excluding hydrogens is 379 g/mol. The van der Waals surface area contributed by atoms with Gasteiger partial charge in [-0.3, -0.25) is 14.4 Å². The van der Waals surface area contributed by atoms with E-state index in [2.05, 4.69) is 0 Å². The van der Waals surface area contributed by atoms with Crippen molar-refractivity contribution in [2.75, 3.05) is 6.54 Å². The Labute approximate surface area is 159 Å². The molecule has 8 heteroatoms. The van der Waals surface area contributed by atoms with Crippen molar-refractivity contribution < 1.29 is 14.7 Å².